The van der Waals surface area contributed by atoms with Gasteiger partial charge in [-0.25, -0.2) is 4.79 Å². The van der Waals surface area contributed by atoms with Crippen LogP contribution in [0.3, 0.4) is 0 Å². The maximum Gasteiger partial charge on any atom is 0.347 e. The van der Waals surface area contributed by atoms with Gasteiger partial charge >= 0.3 is 5.97 Å². The largest absolute Gasteiger partial charge is 0.493 e. The van der Waals surface area contributed by atoms with Gasteiger partial charge in [0.05, 0.1) is 13.7 Å². The van der Waals surface area contributed by atoms with E-state index in [0.717, 1.165) is 12.1 Å². The smallest absolute Gasteiger partial charge is 0.347 e. The van der Waals surface area contributed by atoms with E-state index in [1.165, 1.54) is 5.56 Å². The van der Waals surface area contributed by atoms with E-state index in [1.54, 1.807) is 21.0 Å². The van der Waals surface area contributed by atoms with E-state index in [0.29, 0.717) is 24.1 Å². The number of esters is 1. The first-order valence-electron chi connectivity index (χ1n) is 8.93. The summed E-state index contributed by atoms with van der Waals surface area (Å²) in [5, 5.41) is 2.27. The molecule has 0 fully saturated rings. The van der Waals surface area contributed by atoms with Crippen LogP contribution in [0, 0.1) is 0 Å². The van der Waals surface area contributed by atoms with E-state index in [1.807, 2.05) is 24.3 Å². The molecule has 5 nitrogen and oxygen atoms in total. The predicted molar refractivity (Wildman–Crippen MR) is 100 cm³/mol. The van der Waals surface area contributed by atoms with Crippen LogP contribution >= 0.6 is 0 Å². The van der Waals surface area contributed by atoms with Gasteiger partial charge in [-0.15, -0.1) is 0 Å². The lowest BCUT2D eigenvalue weighted by molar-refractivity contribution is -0.707. The molecule has 0 saturated heterocycles. The summed E-state index contributed by atoms with van der Waals surface area (Å²) in [6.45, 7) is 6.77. The molecule has 2 N–H and O–H groups in total. The third-order valence-corrected chi connectivity index (χ3v) is 4.18. The first-order valence-corrected chi connectivity index (χ1v) is 8.93. The number of ether oxygens (including phenoxy) is 3. The Hall–Kier alpha value is -2.53. The van der Waals surface area contributed by atoms with Crippen LogP contribution in [0.15, 0.2) is 48.5 Å². The maximum atomic E-state index is 11.7. The minimum Gasteiger partial charge on any atom is -0.493 e. The molecule has 0 amide bonds. The number of nitrogens with two attached hydrogens (primary N) is 1. The fourth-order valence-corrected chi connectivity index (χ4v) is 2.64. The number of benzene rings is 2. The SMILES string of the molecule is CCOC(=O)[C@H](C)Oc1ccc(C[NH2+][C@@H](C)c2ccccc2)cc1OC. The van der Waals surface area contributed by atoms with Gasteiger partial charge in [0.25, 0.3) is 0 Å². The van der Waals surface area contributed by atoms with Crippen molar-refractivity contribution < 1.29 is 24.3 Å². The lowest BCUT2D eigenvalue weighted by atomic mass is 10.1. The topological polar surface area (TPSA) is 61.4 Å². The van der Waals surface area contributed by atoms with E-state index in [2.05, 4.69) is 36.5 Å². The van der Waals surface area contributed by atoms with Crippen molar-refractivity contribution in [3.8, 4) is 11.5 Å². The summed E-state index contributed by atoms with van der Waals surface area (Å²) in [7, 11) is 1.59. The van der Waals surface area contributed by atoms with Crippen molar-refractivity contribution in [2.24, 2.45) is 0 Å². The number of hydrogen-bond acceptors (Lipinski definition) is 4. The van der Waals surface area contributed by atoms with Gasteiger partial charge in [0, 0.05) is 11.1 Å². The zero-order valence-electron chi connectivity index (χ0n) is 15.9. The van der Waals surface area contributed by atoms with Crippen LogP contribution in [-0.4, -0.2) is 25.8 Å². The molecule has 2 aromatic rings. The number of rotatable bonds is 9. The van der Waals surface area contributed by atoms with Crippen LogP contribution in [-0.2, 0) is 16.1 Å². The Morgan fingerprint density at radius 3 is 2.46 bits per heavy atom. The molecule has 0 aliphatic carbocycles. The van der Waals surface area contributed by atoms with Crippen molar-refractivity contribution in [2.75, 3.05) is 13.7 Å². The number of quaternary nitrogens is 1. The second kappa shape index (κ2) is 9.82. The first kappa shape index (κ1) is 19.8. The molecule has 0 heterocycles. The number of carbonyl (C=O) groups is 1. The highest BCUT2D eigenvalue weighted by atomic mass is 16.6. The Morgan fingerprint density at radius 1 is 1.08 bits per heavy atom. The monoisotopic (exact) mass is 358 g/mol. The molecule has 0 aliphatic heterocycles. The standard InChI is InChI=1S/C21H27NO4/c1-5-25-21(23)16(3)26-19-12-11-17(13-20(19)24-4)14-22-15(2)18-9-7-6-8-10-18/h6-13,15-16,22H,5,14H2,1-4H3/p+1/t15-,16-/m0/s1. The molecule has 5 heteroatoms. The molecule has 0 unspecified atom stereocenters. The summed E-state index contributed by atoms with van der Waals surface area (Å²) in [6.07, 6.45) is -0.681. The number of methoxy groups -OCH3 is 1. The Morgan fingerprint density at radius 2 is 1.81 bits per heavy atom. The summed E-state index contributed by atoms with van der Waals surface area (Å²) < 4.78 is 16.1. The molecule has 2 aromatic carbocycles. The van der Waals surface area contributed by atoms with Gasteiger partial charge < -0.3 is 19.5 Å². The molecule has 0 bridgehead atoms. The van der Waals surface area contributed by atoms with Crippen molar-refractivity contribution in [1.29, 1.82) is 0 Å². The van der Waals surface area contributed by atoms with E-state index in [4.69, 9.17) is 14.2 Å². The quantitative estimate of drug-likeness (QED) is 0.700. The highest BCUT2D eigenvalue weighted by molar-refractivity contribution is 5.74. The summed E-state index contributed by atoms with van der Waals surface area (Å²) in [5.41, 5.74) is 2.42. The zero-order valence-corrected chi connectivity index (χ0v) is 15.9. The molecule has 0 spiro atoms. The molecule has 2 atom stereocenters. The van der Waals surface area contributed by atoms with E-state index in [-0.39, 0.29) is 5.97 Å². The summed E-state index contributed by atoms with van der Waals surface area (Å²) in [6, 6.07) is 16.5. The Bertz CT molecular complexity index is 702. The molecule has 0 radical (unpaired) electrons. The Kier molecular flexibility index (Phi) is 7.48. The van der Waals surface area contributed by atoms with E-state index in [9.17, 15) is 4.79 Å². The van der Waals surface area contributed by atoms with Crippen LogP contribution < -0.4 is 14.8 Å². The highest BCUT2D eigenvalue weighted by Crippen LogP contribution is 2.29. The van der Waals surface area contributed by atoms with Crippen molar-refractivity contribution in [2.45, 2.75) is 39.5 Å². The minimum absolute atomic E-state index is 0.331. The van der Waals surface area contributed by atoms with Crippen molar-refractivity contribution in [1.82, 2.24) is 0 Å². The average molecular weight is 358 g/mol. The van der Waals surface area contributed by atoms with Gasteiger partial charge in [0.2, 0.25) is 0 Å². The average Bonchev–Trinajstić information content (AvgIpc) is 2.67. The van der Waals surface area contributed by atoms with Gasteiger partial charge in [-0.3, -0.25) is 0 Å². The zero-order chi connectivity index (χ0) is 18.9. The van der Waals surface area contributed by atoms with E-state index < -0.39 is 6.10 Å². The number of hydrogen-bond donors (Lipinski definition) is 1. The fraction of sp³-hybridized carbons (Fsp3) is 0.381. The molecule has 0 aromatic heterocycles. The Labute approximate surface area is 155 Å². The van der Waals surface area contributed by atoms with E-state index >= 15 is 0 Å². The summed E-state index contributed by atoms with van der Waals surface area (Å²) in [5.74, 6) is 0.760. The molecular formula is C21H28NO4+. The molecule has 140 valence electrons. The van der Waals surface area contributed by atoms with Crippen molar-refractivity contribution in [3.05, 3.63) is 59.7 Å². The van der Waals surface area contributed by atoms with Gasteiger partial charge in [-0.1, -0.05) is 30.3 Å². The van der Waals surface area contributed by atoms with Crippen molar-refractivity contribution >= 4 is 5.97 Å². The third kappa shape index (κ3) is 5.49. The van der Waals surface area contributed by atoms with Crippen LogP contribution in [0.4, 0.5) is 0 Å². The number of carbonyl (C=O) groups excluding carboxylic acids is 1. The Balaban J connectivity index is 2.00. The van der Waals surface area contributed by atoms with Crippen LogP contribution in [0.1, 0.15) is 37.9 Å². The fourth-order valence-electron chi connectivity index (χ4n) is 2.64. The molecular weight excluding hydrogens is 330 g/mol. The van der Waals surface area contributed by atoms with Gasteiger partial charge in [0.15, 0.2) is 17.6 Å². The lowest BCUT2D eigenvalue weighted by Gasteiger charge is -2.17. The minimum atomic E-state index is -0.681. The first-order chi connectivity index (χ1) is 12.5. The van der Waals surface area contributed by atoms with Gasteiger partial charge in [-0.05, 0) is 39.0 Å². The molecule has 0 aliphatic rings. The second-order valence-electron chi connectivity index (χ2n) is 6.14. The molecule has 26 heavy (non-hydrogen) atoms. The maximum absolute atomic E-state index is 11.7. The van der Waals surface area contributed by atoms with Crippen LogP contribution in [0.25, 0.3) is 0 Å². The predicted octanol–water partition coefficient (Wildman–Crippen LogP) is 2.85. The van der Waals surface area contributed by atoms with Crippen LogP contribution in [0.2, 0.25) is 0 Å². The van der Waals surface area contributed by atoms with Gasteiger partial charge in [-0.2, -0.15) is 0 Å². The van der Waals surface area contributed by atoms with Gasteiger partial charge in [0.1, 0.15) is 12.6 Å². The molecule has 2 rings (SSSR count). The van der Waals surface area contributed by atoms with Crippen molar-refractivity contribution in [3.63, 3.8) is 0 Å². The summed E-state index contributed by atoms with van der Waals surface area (Å²) in [4.78, 5) is 11.7. The molecule has 0 saturated carbocycles. The second-order valence-corrected chi connectivity index (χ2v) is 6.14. The van der Waals surface area contributed by atoms with Crippen LogP contribution in [0.5, 0.6) is 11.5 Å². The highest BCUT2D eigenvalue weighted by Gasteiger charge is 2.18. The summed E-state index contributed by atoms with van der Waals surface area (Å²) >= 11 is 0. The lowest BCUT2D eigenvalue weighted by Crippen LogP contribution is -2.83. The third-order valence-electron chi connectivity index (χ3n) is 4.18. The normalized spacial score (nSPS) is 12.9.